The van der Waals surface area contributed by atoms with Crippen LogP contribution in [0, 0.1) is 6.92 Å². The molecule has 0 aromatic carbocycles. The van der Waals surface area contributed by atoms with Gasteiger partial charge in [-0.15, -0.1) is 0 Å². The lowest BCUT2D eigenvalue weighted by molar-refractivity contribution is 0.000434. The summed E-state index contributed by atoms with van der Waals surface area (Å²) in [7, 11) is -1.34. The first-order chi connectivity index (χ1) is 9.79. The summed E-state index contributed by atoms with van der Waals surface area (Å²) in [6, 6.07) is 1.76. The average Bonchev–Trinajstić information content (AvgIpc) is 2.76. The Balaban J connectivity index is 1.91. The first-order valence-electron chi connectivity index (χ1n) is 6.76. The predicted octanol–water partition coefficient (Wildman–Crippen LogP) is -0.276. The number of sulfonamides is 1. The summed E-state index contributed by atoms with van der Waals surface area (Å²) in [5, 5.41) is 2.80. The van der Waals surface area contributed by atoms with Gasteiger partial charge in [0.2, 0.25) is 10.0 Å². The van der Waals surface area contributed by atoms with E-state index < -0.39 is 10.0 Å². The molecule has 1 aromatic rings. The van der Waals surface area contributed by atoms with Crippen molar-refractivity contribution >= 4 is 15.9 Å². The van der Waals surface area contributed by atoms with E-state index >= 15 is 0 Å². The maximum absolute atomic E-state index is 12.1. The SMILES string of the molecule is Cc1c(C(=O)NC[C@@H]2CN(S(C)(=O)=O)CCO2)ccn1C. The van der Waals surface area contributed by atoms with E-state index in [0.717, 1.165) is 5.69 Å². The molecule has 1 N–H and O–H groups in total. The van der Waals surface area contributed by atoms with Crippen LogP contribution in [0.5, 0.6) is 0 Å². The Morgan fingerprint density at radius 1 is 1.52 bits per heavy atom. The Kier molecular flexibility index (Phi) is 4.70. The third-order valence-corrected chi connectivity index (χ3v) is 4.96. The van der Waals surface area contributed by atoms with Crippen molar-refractivity contribution in [2.45, 2.75) is 13.0 Å². The Hall–Kier alpha value is -1.38. The minimum Gasteiger partial charge on any atom is -0.374 e. The van der Waals surface area contributed by atoms with E-state index in [4.69, 9.17) is 4.74 Å². The molecule has 2 heterocycles. The molecule has 0 unspecified atom stereocenters. The van der Waals surface area contributed by atoms with Gasteiger partial charge in [-0.05, 0) is 13.0 Å². The van der Waals surface area contributed by atoms with E-state index in [-0.39, 0.29) is 18.6 Å². The van der Waals surface area contributed by atoms with E-state index in [1.807, 2.05) is 24.7 Å². The van der Waals surface area contributed by atoms with Crippen molar-refractivity contribution in [2.24, 2.45) is 7.05 Å². The van der Waals surface area contributed by atoms with Crippen LogP contribution in [-0.4, -0.2) is 61.8 Å². The number of ether oxygens (including phenoxy) is 1. The van der Waals surface area contributed by atoms with Gasteiger partial charge in [0.1, 0.15) is 0 Å². The van der Waals surface area contributed by atoms with Crippen LogP contribution in [-0.2, 0) is 21.8 Å². The zero-order valence-corrected chi connectivity index (χ0v) is 13.3. The standard InChI is InChI=1S/C13H21N3O4S/c1-10-12(4-5-15(10)2)13(17)14-8-11-9-16(6-7-20-11)21(3,18)19/h4-5,11H,6-9H2,1-3H3,(H,14,17)/t11-/m1/s1. The number of aryl methyl sites for hydroxylation is 1. The smallest absolute Gasteiger partial charge is 0.253 e. The van der Waals surface area contributed by atoms with E-state index in [1.54, 1.807) is 6.07 Å². The minimum atomic E-state index is -3.22. The minimum absolute atomic E-state index is 0.173. The van der Waals surface area contributed by atoms with Crippen molar-refractivity contribution in [3.63, 3.8) is 0 Å². The molecule has 21 heavy (non-hydrogen) atoms. The van der Waals surface area contributed by atoms with Crippen molar-refractivity contribution in [3.05, 3.63) is 23.5 Å². The molecular weight excluding hydrogens is 294 g/mol. The molecule has 8 heteroatoms. The van der Waals surface area contributed by atoms with Crippen LogP contribution in [0.2, 0.25) is 0 Å². The number of carbonyl (C=O) groups excluding carboxylic acids is 1. The molecular formula is C13H21N3O4S. The van der Waals surface area contributed by atoms with Crippen LogP contribution in [0.15, 0.2) is 12.3 Å². The van der Waals surface area contributed by atoms with Gasteiger partial charge in [-0.1, -0.05) is 0 Å². The summed E-state index contributed by atoms with van der Waals surface area (Å²) in [4.78, 5) is 12.1. The zero-order valence-electron chi connectivity index (χ0n) is 12.5. The fourth-order valence-corrected chi connectivity index (χ4v) is 3.11. The van der Waals surface area contributed by atoms with Gasteiger partial charge < -0.3 is 14.6 Å². The molecule has 0 bridgehead atoms. The highest BCUT2D eigenvalue weighted by atomic mass is 32.2. The summed E-state index contributed by atoms with van der Waals surface area (Å²) in [5.41, 5.74) is 1.50. The summed E-state index contributed by atoms with van der Waals surface area (Å²) in [6.45, 7) is 3.14. The molecule has 1 aliphatic rings. The van der Waals surface area contributed by atoms with Gasteiger partial charge in [0.05, 0.1) is 24.5 Å². The van der Waals surface area contributed by atoms with Crippen molar-refractivity contribution in [3.8, 4) is 0 Å². The zero-order chi connectivity index (χ0) is 15.6. The number of carbonyl (C=O) groups is 1. The molecule has 1 saturated heterocycles. The van der Waals surface area contributed by atoms with Crippen LogP contribution in [0.3, 0.4) is 0 Å². The van der Waals surface area contributed by atoms with E-state index in [2.05, 4.69) is 5.32 Å². The fraction of sp³-hybridized carbons (Fsp3) is 0.615. The van der Waals surface area contributed by atoms with Crippen molar-refractivity contribution in [1.82, 2.24) is 14.2 Å². The fourth-order valence-electron chi connectivity index (χ4n) is 2.27. The molecule has 1 aliphatic heterocycles. The lowest BCUT2D eigenvalue weighted by Gasteiger charge is -2.31. The Morgan fingerprint density at radius 2 is 2.24 bits per heavy atom. The Labute approximate surface area is 124 Å². The van der Waals surface area contributed by atoms with Gasteiger partial charge in [0.25, 0.3) is 5.91 Å². The number of hydrogen-bond donors (Lipinski definition) is 1. The summed E-state index contributed by atoms with van der Waals surface area (Å²) >= 11 is 0. The van der Waals surface area contributed by atoms with Gasteiger partial charge in [-0.3, -0.25) is 4.79 Å². The largest absolute Gasteiger partial charge is 0.374 e. The third kappa shape index (κ3) is 3.84. The van der Waals surface area contributed by atoms with Crippen molar-refractivity contribution in [1.29, 1.82) is 0 Å². The molecule has 0 aliphatic carbocycles. The lowest BCUT2D eigenvalue weighted by atomic mass is 10.2. The van der Waals surface area contributed by atoms with E-state index in [1.165, 1.54) is 10.6 Å². The number of morpholine rings is 1. The van der Waals surface area contributed by atoms with Crippen LogP contribution >= 0.6 is 0 Å². The second-order valence-electron chi connectivity index (χ2n) is 5.25. The van der Waals surface area contributed by atoms with Crippen molar-refractivity contribution < 1.29 is 17.9 Å². The highest BCUT2D eigenvalue weighted by Gasteiger charge is 2.26. The highest BCUT2D eigenvalue weighted by molar-refractivity contribution is 7.88. The summed E-state index contributed by atoms with van der Waals surface area (Å²) in [5.74, 6) is -0.173. The Morgan fingerprint density at radius 3 is 2.81 bits per heavy atom. The number of nitrogens with one attached hydrogen (secondary N) is 1. The molecule has 7 nitrogen and oxygen atoms in total. The second kappa shape index (κ2) is 6.17. The topological polar surface area (TPSA) is 80.6 Å². The van der Waals surface area contributed by atoms with Gasteiger partial charge in [0.15, 0.2) is 0 Å². The van der Waals surface area contributed by atoms with E-state index in [9.17, 15) is 13.2 Å². The van der Waals surface area contributed by atoms with Crippen LogP contribution < -0.4 is 5.32 Å². The van der Waals surface area contributed by atoms with Gasteiger partial charge in [-0.25, -0.2) is 8.42 Å². The molecule has 1 aromatic heterocycles. The average molecular weight is 315 g/mol. The lowest BCUT2D eigenvalue weighted by Crippen LogP contribution is -2.49. The van der Waals surface area contributed by atoms with Crippen LogP contribution in [0.25, 0.3) is 0 Å². The van der Waals surface area contributed by atoms with Crippen LogP contribution in [0.1, 0.15) is 16.1 Å². The van der Waals surface area contributed by atoms with Gasteiger partial charge in [-0.2, -0.15) is 4.31 Å². The maximum atomic E-state index is 12.1. The van der Waals surface area contributed by atoms with Crippen molar-refractivity contribution in [2.75, 3.05) is 32.5 Å². The predicted molar refractivity (Wildman–Crippen MR) is 78.6 cm³/mol. The number of amides is 1. The molecule has 1 atom stereocenters. The summed E-state index contributed by atoms with van der Waals surface area (Å²) in [6.07, 6.45) is 2.69. The van der Waals surface area contributed by atoms with Gasteiger partial charge >= 0.3 is 0 Å². The monoisotopic (exact) mass is 315 g/mol. The molecule has 1 amide bonds. The molecule has 1 fully saturated rings. The number of aromatic nitrogens is 1. The molecule has 0 radical (unpaired) electrons. The summed E-state index contributed by atoms with van der Waals surface area (Å²) < 4.78 is 31.8. The molecule has 118 valence electrons. The maximum Gasteiger partial charge on any atom is 0.253 e. The second-order valence-corrected chi connectivity index (χ2v) is 7.23. The van der Waals surface area contributed by atoms with Crippen LogP contribution in [0.4, 0.5) is 0 Å². The number of hydrogen-bond acceptors (Lipinski definition) is 4. The molecule has 0 spiro atoms. The highest BCUT2D eigenvalue weighted by Crippen LogP contribution is 2.10. The Bertz CT molecular complexity index is 623. The normalized spacial score (nSPS) is 20.4. The number of nitrogens with zero attached hydrogens (tertiary/aromatic N) is 2. The van der Waals surface area contributed by atoms with E-state index in [0.29, 0.717) is 25.3 Å². The first-order valence-corrected chi connectivity index (χ1v) is 8.60. The molecule has 2 rings (SSSR count). The first kappa shape index (κ1) is 16.0. The quantitative estimate of drug-likeness (QED) is 0.829. The number of rotatable bonds is 4. The third-order valence-electron chi connectivity index (χ3n) is 3.69. The molecule has 0 saturated carbocycles. The van der Waals surface area contributed by atoms with Gasteiger partial charge in [0, 0.05) is 38.6 Å².